The van der Waals surface area contributed by atoms with Gasteiger partial charge in [0.15, 0.2) is 5.17 Å². The summed E-state index contributed by atoms with van der Waals surface area (Å²) in [7, 11) is 0. The molecule has 1 saturated carbocycles. The minimum atomic E-state index is 0.249. The van der Waals surface area contributed by atoms with Crippen molar-refractivity contribution in [2.24, 2.45) is 10.7 Å². The predicted molar refractivity (Wildman–Crippen MR) is 83.8 cm³/mol. The number of thioether (sulfide) groups is 1. The van der Waals surface area contributed by atoms with Gasteiger partial charge in [-0.15, -0.1) is 0 Å². The van der Waals surface area contributed by atoms with Crippen LogP contribution in [0.2, 0.25) is 0 Å². The Hall–Kier alpha value is -0.960. The molecule has 1 fully saturated rings. The van der Waals surface area contributed by atoms with Crippen LogP contribution < -0.4 is 5.73 Å². The third-order valence-electron chi connectivity index (χ3n) is 4.72. The first-order valence-corrected chi connectivity index (χ1v) is 8.28. The molecule has 1 unspecified atom stereocenters. The Morgan fingerprint density at radius 3 is 2.79 bits per heavy atom. The van der Waals surface area contributed by atoms with E-state index in [1.807, 2.05) is 0 Å². The van der Waals surface area contributed by atoms with Gasteiger partial charge in [0.25, 0.3) is 0 Å². The third-order valence-corrected chi connectivity index (χ3v) is 5.60. The molecule has 0 amide bonds. The summed E-state index contributed by atoms with van der Waals surface area (Å²) >= 11 is 1.72. The highest BCUT2D eigenvalue weighted by atomic mass is 32.2. The van der Waals surface area contributed by atoms with E-state index in [1.54, 1.807) is 11.8 Å². The maximum absolute atomic E-state index is 5.90. The van der Waals surface area contributed by atoms with Crippen LogP contribution in [0.25, 0.3) is 0 Å². The zero-order chi connectivity index (χ0) is 13.3. The lowest BCUT2D eigenvalue weighted by Crippen LogP contribution is -2.36. The van der Waals surface area contributed by atoms with Gasteiger partial charge in [-0.25, -0.2) is 0 Å². The van der Waals surface area contributed by atoms with E-state index in [9.17, 15) is 0 Å². The minimum absolute atomic E-state index is 0.249. The summed E-state index contributed by atoms with van der Waals surface area (Å²) in [5.41, 5.74) is 9.08. The summed E-state index contributed by atoms with van der Waals surface area (Å²) in [4.78, 5) is 4.73. The molecule has 1 aliphatic carbocycles. The molecule has 1 heterocycles. The number of rotatable bonds is 3. The fourth-order valence-corrected chi connectivity index (χ4v) is 4.52. The predicted octanol–water partition coefficient (Wildman–Crippen LogP) is 3.49. The molecule has 102 valence electrons. The van der Waals surface area contributed by atoms with Crippen molar-refractivity contribution in [2.75, 3.05) is 5.75 Å². The van der Waals surface area contributed by atoms with Gasteiger partial charge in [0, 0.05) is 11.2 Å². The zero-order valence-electron chi connectivity index (χ0n) is 11.6. The minimum Gasteiger partial charge on any atom is -0.379 e. The largest absolute Gasteiger partial charge is 0.379 e. The molecule has 1 aromatic rings. The third kappa shape index (κ3) is 2.29. The van der Waals surface area contributed by atoms with Gasteiger partial charge in [-0.05, 0) is 30.4 Å². The summed E-state index contributed by atoms with van der Waals surface area (Å²) in [6.07, 6.45) is 6.29. The Morgan fingerprint density at radius 2 is 2.16 bits per heavy atom. The highest BCUT2D eigenvalue weighted by molar-refractivity contribution is 8.14. The molecule has 0 spiro atoms. The first-order chi connectivity index (χ1) is 9.24. The van der Waals surface area contributed by atoms with E-state index >= 15 is 0 Å². The van der Waals surface area contributed by atoms with Crippen molar-refractivity contribution >= 4 is 16.9 Å². The van der Waals surface area contributed by atoms with E-state index in [1.165, 1.54) is 36.8 Å². The van der Waals surface area contributed by atoms with Crippen molar-refractivity contribution in [3.8, 4) is 0 Å². The van der Waals surface area contributed by atoms with E-state index in [0.717, 1.165) is 17.3 Å². The van der Waals surface area contributed by atoms with E-state index in [2.05, 4.69) is 31.2 Å². The van der Waals surface area contributed by atoms with Crippen molar-refractivity contribution in [3.05, 3.63) is 35.4 Å². The van der Waals surface area contributed by atoms with E-state index < -0.39 is 0 Å². The van der Waals surface area contributed by atoms with Crippen LogP contribution in [0.5, 0.6) is 0 Å². The van der Waals surface area contributed by atoms with E-state index in [-0.39, 0.29) is 5.41 Å². The Bertz CT molecular complexity index is 489. The fourth-order valence-electron chi connectivity index (χ4n) is 3.60. The molecule has 0 aromatic heterocycles. The molecule has 19 heavy (non-hydrogen) atoms. The number of nitrogens with zero attached hydrogens (tertiary/aromatic N) is 1. The van der Waals surface area contributed by atoms with Crippen molar-refractivity contribution < 1.29 is 0 Å². The number of amidine groups is 1. The number of hydrogen-bond acceptors (Lipinski definition) is 3. The standard InChI is InChI=1S/C16H22N2S/c1-2-12-6-5-7-13(10-12)16(8-3-4-9-16)14-11-19-15(17)18-14/h5-7,10,14H,2-4,8-9,11H2,1H3,(H2,17,18). The van der Waals surface area contributed by atoms with Crippen LogP contribution in [0.4, 0.5) is 0 Å². The van der Waals surface area contributed by atoms with Crippen LogP contribution in [0, 0.1) is 0 Å². The summed E-state index contributed by atoms with van der Waals surface area (Å²) in [6, 6.07) is 9.53. The molecule has 2 nitrogen and oxygen atoms in total. The number of benzene rings is 1. The molecule has 0 saturated heterocycles. The van der Waals surface area contributed by atoms with Crippen molar-refractivity contribution in [3.63, 3.8) is 0 Å². The first kappa shape index (κ1) is 13.0. The highest BCUT2D eigenvalue weighted by Gasteiger charge is 2.44. The van der Waals surface area contributed by atoms with Crippen molar-refractivity contribution in [1.29, 1.82) is 0 Å². The molecule has 0 radical (unpaired) electrons. The summed E-state index contributed by atoms with van der Waals surface area (Å²) in [5.74, 6) is 1.06. The lowest BCUT2D eigenvalue weighted by molar-refractivity contribution is 0.377. The van der Waals surface area contributed by atoms with Gasteiger partial charge in [0.1, 0.15) is 0 Å². The first-order valence-electron chi connectivity index (χ1n) is 7.30. The summed E-state index contributed by atoms with van der Waals surface area (Å²) in [6.45, 7) is 2.22. The van der Waals surface area contributed by atoms with Crippen LogP contribution in [0.15, 0.2) is 29.3 Å². The van der Waals surface area contributed by atoms with E-state index in [4.69, 9.17) is 10.7 Å². The molecule has 2 N–H and O–H groups in total. The maximum atomic E-state index is 5.90. The average Bonchev–Trinajstić information content (AvgIpc) is 3.08. The maximum Gasteiger partial charge on any atom is 0.154 e. The van der Waals surface area contributed by atoms with Gasteiger partial charge in [0.2, 0.25) is 0 Å². The second kappa shape index (κ2) is 5.20. The number of nitrogens with two attached hydrogens (primary N) is 1. The summed E-state index contributed by atoms with van der Waals surface area (Å²) < 4.78 is 0. The van der Waals surface area contributed by atoms with Crippen LogP contribution in [-0.4, -0.2) is 17.0 Å². The average molecular weight is 274 g/mol. The summed E-state index contributed by atoms with van der Waals surface area (Å²) in [5, 5.41) is 0.780. The molecular formula is C16H22N2S. The number of aliphatic imine (C=N–C) groups is 1. The monoisotopic (exact) mass is 274 g/mol. The highest BCUT2D eigenvalue weighted by Crippen LogP contribution is 2.47. The topological polar surface area (TPSA) is 38.4 Å². The smallest absolute Gasteiger partial charge is 0.154 e. The van der Waals surface area contributed by atoms with Crippen LogP contribution in [0.3, 0.4) is 0 Å². The Balaban J connectivity index is 2.00. The number of hydrogen-bond donors (Lipinski definition) is 1. The normalized spacial score (nSPS) is 25.5. The van der Waals surface area contributed by atoms with Gasteiger partial charge in [-0.2, -0.15) is 0 Å². The van der Waals surface area contributed by atoms with Gasteiger partial charge < -0.3 is 5.73 Å². The van der Waals surface area contributed by atoms with Crippen molar-refractivity contribution in [1.82, 2.24) is 0 Å². The Morgan fingerprint density at radius 1 is 1.37 bits per heavy atom. The molecule has 3 rings (SSSR count). The Labute approximate surface area is 119 Å². The van der Waals surface area contributed by atoms with Gasteiger partial charge in [-0.3, -0.25) is 4.99 Å². The SMILES string of the molecule is CCc1cccc(C2(C3CSC(N)=N3)CCCC2)c1. The Kier molecular flexibility index (Phi) is 3.57. The quantitative estimate of drug-likeness (QED) is 0.916. The molecule has 1 atom stereocenters. The molecule has 0 bridgehead atoms. The molecule has 1 aromatic carbocycles. The lowest BCUT2D eigenvalue weighted by atomic mass is 9.73. The number of aryl methyl sites for hydroxylation is 1. The molecule has 1 aliphatic heterocycles. The zero-order valence-corrected chi connectivity index (χ0v) is 12.4. The molecule has 3 heteroatoms. The van der Waals surface area contributed by atoms with E-state index in [0.29, 0.717) is 6.04 Å². The van der Waals surface area contributed by atoms with Gasteiger partial charge in [0.05, 0.1) is 6.04 Å². The molecule has 2 aliphatic rings. The van der Waals surface area contributed by atoms with Crippen LogP contribution in [0.1, 0.15) is 43.7 Å². The lowest BCUT2D eigenvalue weighted by Gasteiger charge is -2.34. The fraction of sp³-hybridized carbons (Fsp3) is 0.562. The van der Waals surface area contributed by atoms with Crippen molar-refractivity contribution in [2.45, 2.75) is 50.5 Å². The van der Waals surface area contributed by atoms with Crippen LogP contribution >= 0.6 is 11.8 Å². The van der Waals surface area contributed by atoms with Crippen LogP contribution in [-0.2, 0) is 11.8 Å². The second-order valence-electron chi connectivity index (χ2n) is 5.71. The second-order valence-corrected chi connectivity index (χ2v) is 6.75. The van der Waals surface area contributed by atoms with Gasteiger partial charge >= 0.3 is 0 Å². The van der Waals surface area contributed by atoms with Gasteiger partial charge in [-0.1, -0.05) is 55.8 Å². The molecular weight excluding hydrogens is 252 g/mol.